The third-order valence-electron chi connectivity index (χ3n) is 6.09. The van der Waals surface area contributed by atoms with E-state index in [4.69, 9.17) is 5.90 Å². The molecule has 0 saturated carbocycles. The largest absolute Gasteiger partial charge is 0.352 e. The molecule has 5 N–H and O–H groups in total. The molecule has 2 atom stereocenters. The van der Waals surface area contributed by atoms with Crippen LogP contribution in [-0.2, 0) is 30.1 Å². The summed E-state index contributed by atoms with van der Waals surface area (Å²) in [5.41, 5.74) is 1.37. The number of amides is 3. The third-order valence-corrected chi connectivity index (χ3v) is 7.37. The molecule has 222 valence electrons. The molecule has 11 nitrogen and oxygen atoms in total. The number of nitrogens with one attached hydrogen (secondary N) is 3. The lowest BCUT2D eigenvalue weighted by atomic mass is 10.0. The highest BCUT2D eigenvalue weighted by Crippen LogP contribution is 2.19. The van der Waals surface area contributed by atoms with Gasteiger partial charge < -0.3 is 16.0 Å². The molecule has 0 saturated heterocycles. The zero-order chi connectivity index (χ0) is 30.2. The van der Waals surface area contributed by atoms with Gasteiger partial charge in [0.05, 0.1) is 24.1 Å². The van der Waals surface area contributed by atoms with Crippen molar-refractivity contribution >= 4 is 63.9 Å². The topological polar surface area (TPSA) is 166 Å². The molecule has 2 aromatic carbocycles. The summed E-state index contributed by atoms with van der Waals surface area (Å²) in [6.07, 6.45) is 2.01. The second kappa shape index (κ2) is 18.6. The number of carbonyl (C=O) groups excluding carboxylic acids is 5. The van der Waals surface area contributed by atoms with Crippen LogP contribution in [-0.4, -0.2) is 47.9 Å². The minimum absolute atomic E-state index is 0.0869. The van der Waals surface area contributed by atoms with Crippen molar-refractivity contribution in [3.8, 4) is 0 Å². The van der Waals surface area contributed by atoms with Crippen LogP contribution in [0.1, 0.15) is 61.9 Å². The van der Waals surface area contributed by atoms with Gasteiger partial charge in [-0.15, -0.1) is 9.32 Å². The lowest BCUT2D eigenvalue weighted by Gasteiger charge is -2.20. The van der Waals surface area contributed by atoms with Gasteiger partial charge in [0, 0.05) is 33.4 Å². The fourth-order valence-electron chi connectivity index (χ4n) is 3.86. The van der Waals surface area contributed by atoms with Gasteiger partial charge in [-0.1, -0.05) is 18.2 Å². The Labute approximate surface area is 257 Å². The highest BCUT2D eigenvalue weighted by Gasteiger charge is 2.22. The number of Topliss-reactive ketones (excluding diaryl/α,β-unsaturated/α-hetero) is 3. The van der Waals surface area contributed by atoms with E-state index in [1.807, 2.05) is 12.1 Å². The summed E-state index contributed by atoms with van der Waals surface area (Å²) in [7, 11) is 0. The van der Waals surface area contributed by atoms with Crippen LogP contribution in [0.5, 0.6) is 0 Å². The van der Waals surface area contributed by atoms with Crippen LogP contribution in [0.15, 0.2) is 53.4 Å². The summed E-state index contributed by atoms with van der Waals surface area (Å²) in [6.45, 7) is 3.16. The molecule has 0 spiro atoms. The van der Waals surface area contributed by atoms with Gasteiger partial charge >= 0.3 is 6.03 Å². The Bertz CT molecular complexity index is 1200. The highest BCUT2D eigenvalue weighted by atomic mass is 127. The van der Waals surface area contributed by atoms with Crippen molar-refractivity contribution in [1.82, 2.24) is 16.0 Å². The lowest BCUT2D eigenvalue weighted by Crippen LogP contribution is -2.50. The van der Waals surface area contributed by atoms with Crippen LogP contribution in [0.2, 0.25) is 0 Å². The minimum Gasteiger partial charge on any atom is -0.352 e. The molecule has 2 aromatic rings. The molecule has 0 bridgehead atoms. The molecule has 0 aliphatic rings. The number of ketones is 3. The van der Waals surface area contributed by atoms with Gasteiger partial charge in [0.2, 0.25) is 0 Å². The molecule has 0 heterocycles. The Morgan fingerprint density at radius 2 is 1.59 bits per heavy atom. The van der Waals surface area contributed by atoms with Crippen molar-refractivity contribution in [2.24, 2.45) is 5.90 Å². The van der Waals surface area contributed by atoms with Gasteiger partial charge in [-0.05, 0) is 98.0 Å². The maximum atomic E-state index is 12.6. The lowest BCUT2D eigenvalue weighted by molar-refractivity contribution is -0.195. The Kier molecular flexibility index (Phi) is 15.5. The first kappa shape index (κ1) is 34.4. The average molecular weight is 699 g/mol. The molecule has 13 heteroatoms. The molecule has 41 heavy (non-hydrogen) atoms. The first-order valence-corrected chi connectivity index (χ1v) is 14.8. The van der Waals surface area contributed by atoms with E-state index in [2.05, 4.69) is 47.9 Å². The molecular formula is C28H35IN4O7S. The Morgan fingerprint density at radius 3 is 2.20 bits per heavy atom. The molecule has 0 radical (unpaired) electrons. The number of nitrogens with two attached hydrogens (primary N) is 1. The van der Waals surface area contributed by atoms with Crippen molar-refractivity contribution < 1.29 is 33.3 Å². The zero-order valence-corrected chi connectivity index (χ0v) is 25.9. The van der Waals surface area contributed by atoms with E-state index in [9.17, 15) is 24.0 Å². The number of hydrogen-bond acceptors (Lipinski definition) is 9. The van der Waals surface area contributed by atoms with Gasteiger partial charge in [0.25, 0.3) is 5.91 Å². The van der Waals surface area contributed by atoms with E-state index >= 15 is 0 Å². The average Bonchev–Trinajstić information content (AvgIpc) is 2.93. The van der Waals surface area contributed by atoms with Gasteiger partial charge in [0.15, 0.2) is 11.6 Å². The van der Waals surface area contributed by atoms with E-state index in [0.29, 0.717) is 31.4 Å². The van der Waals surface area contributed by atoms with Crippen molar-refractivity contribution in [3.63, 3.8) is 0 Å². The molecule has 0 aliphatic heterocycles. The fraction of sp³-hybridized carbons (Fsp3) is 0.393. The summed E-state index contributed by atoms with van der Waals surface area (Å²) in [6, 6.07) is 12.1. The number of benzene rings is 2. The molecule has 0 aromatic heterocycles. The number of carbonyl (C=O) groups is 5. The van der Waals surface area contributed by atoms with Crippen LogP contribution < -0.4 is 21.8 Å². The number of hydrogen-bond donors (Lipinski definition) is 4. The van der Waals surface area contributed by atoms with Crippen molar-refractivity contribution in [3.05, 3.63) is 63.2 Å². The quantitative estimate of drug-likeness (QED) is 0.0596. The second-order valence-electron chi connectivity index (χ2n) is 9.35. The predicted molar refractivity (Wildman–Crippen MR) is 163 cm³/mol. The minimum atomic E-state index is -0.866. The summed E-state index contributed by atoms with van der Waals surface area (Å²) in [5, 5.41) is 8.06. The van der Waals surface area contributed by atoms with Crippen molar-refractivity contribution in [1.29, 1.82) is 0 Å². The van der Waals surface area contributed by atoms with E-state index in [1.165, 1.54) is 13.8 Å². The summed E-state index contributed by atoms with van der Waals surface area (Å²) >= 11 is 3.07. The standard InChI is InChI=1S/C28H35IN4O7S/c1-18(34)25(8-3-4-15-31-27(37)21-6-5-7-22(29)17-21)32-28(38)33-26(19(2)35)14-11-23(36)16-20-9-12-24(13-10-20)41-40-39-30/h5-7,9-10,12-13,17,25-26H,3-4,8,11,14-16,30H2,1-2H3,(H,31,37)(H2,32,33,38)/t25-,26-/m0/s1. The SMILES string of the molecule is CC(=O)[C@H](CCCCNC(=O)c1cccc(I)c1)NC(=O)N[C@@H](CCC(=O)Cc1ccc(SOON)cc1)C(C)=O. The molecule has 2 rings (SSSR count). The van der Waals surface area contributed by atoms with Crippen LogP contribution in [0, 0.1) is 3.57 Å². The molecule has 0 unspecified atom stereocenters. The van der Waals surface area contributed by atoms with Gasteiger partial charge in [-0.2, -0.15) is 5.90 Å². The maximum Gasteiger partial charge on any atom is 0.315 e. The van der Waals surface area contributed by atoms with Crippen LogP contribution in [0.3, 0.4) is 0 Å². The third kappa shape index (κ3) is 13.6. The second-order valence-corrected chi connectivity index (χ2v) is 11.4. The Balaban J connectivity index is 1.75. The normalized spacial score (nSPS) is 12.2. The molecular weight excluding hydrogens is 663 g/mol. The van der Waals surface area contributed by atoms with Crippen molar-refractivity contribution in [2.75, 3.05) is 6.54 Å². The zero-order valence-electron chi connectivity index (χ0n) is 22.9. The molecule has 0 aliphatic carbocycles. The Morgan fingerprint density at radius 1 is 0.927 bits per heavy atom. The maximum absolute atomic E-state index is 12.6. The van der Waals surface area contributed by atoms with Gasteiger partial charge in [-0.25, -0.2) is 4.79 Å². The van der Waals surface area contributed by atoms with E-state index in [-0.39, 0.29) is 42.5 Å². The smallest absolute Gasteiger partial charge is 0.315 e. The van der Waals surface area contributed by atoms with E-state index in [0.717, 1.165) is 26.1 Å². The fourth-order valence-corrected chi connectivity index (χ4v) is 4.77. The van der Waals surface area contributed by atoms with E-state index in [1.54, 1.807) is 36.4 Å². The van der Waals surface area contributed by atoms with Crippen LogP contribution >= 0.6 is 34.6 Å². The van der Waals surface area contributed by atoms with Crippen molar-refractivity contribution in [2.45, 2.75) is 69.4 Å². The number of halogens is 1. The van der Waals surface area contributed by atoms with Crippen LogP contribution in [0.25, 0.3) is 0 Å². The summed E-state index contributed by atoms with van der Waals surface area (Å²) in [5.74, 6) is 4.04. The molecule has 0 fully saturated rings. The number of rotatable bonds is 18. The number of urea groups is 1. The van der Waals surface area contributed by atoms with Crippen LogP contribution in [0.4, 0.5) is 4.79 Å². The highest BCUT2D eigenvalue weighted by molar-refractivity contribution is 14.1. The van der Waals surface area contributed by atoms with Gasteiger partial charge in [0.1, 0.15) is 5.78 Å². The first-order valence-electron chi connectivity index (χ1n) is 13.0. The van der Waals surface area contributed by atoms with E-state index < -0.39 is 18.1 Å². The van der Waals surface area contributed by atoms with Gasteiger partial charge in [-0.3, -0.25) is 19.2 Å². The summed E-state index contributed by atoms with van der Waals surface area (Å²) < 4.78 is 5.54. The predicted octanol–water partition coefficient (Wildman–Crippen LogP) is 3.83. The summed E-state index contributed by atoms with van der Waals surface area (Å²) in [4.78, 5) is 66.3. The monoisotopic (exact) mass is 698 g/mol. The molecule has 3 amide bonds. The number of unbranched alkanes of at least 4 members (excludes halogenated alkanes) is 1. The first-order chi connectivity index (χ1) is 19.6. The Hall–Kier alpha value is -2.85.